The Balaban J connectivity index is 2.10. The van der Waals surface area contributed by atoms with Crippen molar-refractivity contribution in [2.24, 2.45) is 0 Å². The summed E-state index contributed by atoms with van der Waals surface area (Å²) >= 11 is 0. The summed E-state index contributed by atoms with van der Waals surface area (Å²) < 4.78 is 19.8. The molecule has 0 saturated heterocycles. The first kappa shape index (κ1) is 16.7. The van der Waals surface area contributed by atoms with Crippen LogP contribution < -0.4 is 4.74 Å². The Hall–Kier alpha value is -2.62. The molecule has 0 spiro atoms. The molecule has 23 heavy (non-hydrogen) atoms. The molecule has 0 aliphatic carbocycles. The van der Waals surface area contributed by atoms with Crippen LogP contribution in [-0.4, -0.2) is 30.9 Å². The molecule has 0 N–H and O–H groups in total. The molecule has 1 atom stereocenters. The van der Waals surface area contributed by atoms with Gasteiger partial charge in [-0.25, -0.2) is 4.39 Å². The van der Waals surface area contributed by atoms with Gasteiger partial charge < -0.3 is 9.64 Å². The maximum absolute atomic E-state index is 14.3. The summed E-state index contributed by atoms with van der Waals surface area (Å²) in [6, 6.07) is 13.9. The van der Waals surface area contributed by atoms with E-state index in [1.807, 2.05) is 44.4 Å². The molecule has 1 unspecified atom stereocenters. The monoisotopic (exact) mass is 313 g/mol. The predicted octanol–water partition coefficient (Wildman–Crippen LogP) is 3.90. The topological polar surface area (TPSA) is 29.5 Å². The van der Waals surface area contributed by atoms with Gasteiger partial charge in [-0.3, -0.25) is 4.79 Å². The van der Waals surface area contributed by atoms with Crippen LogP contribution in [0.5, 0.6) is 5.75 Å². The minimum absolute atomic E-state index is 0.175. The van der Waals surface area contributed by atoms with E-state index in [2.05, 4.69) is 0 Å². The lowest BCUT2D eigenvalue weighted by molar-refractivity contribution is -0.120. The van der Waals surface area contributed by atoms with Crippen LogP contribution in [0.3, 0.4) is 0 Å². The normalized spacial score (nSPS) is 12.2. The summed E-state index contributed by atoms with van der Waals surface area (Å²) in [4.78, 5) is 13.7. The van der Waals surface area contributed by atoms with E-state index in [4.69, 9.17) is 4.74 Å². The van der Waals surface area contributed by atoms with Gasteiger partial charge >= 0.3 is 0 Å². The quantitative estimate of drug-likeness (QED) is 0.757. The van der Waals surface area contributed by atoms with E-state index in [9.17, 15) is 9.18 Å². The number of hydrogen-bond acceptors (Lipinski definition) is 3. The molecule has 2 rings (SSSR count). The first-order chi connectivity index (χ1) is 11.0. The second kappa shape index (κ2) is 7.58. The number of carbonyl (C=O) groups excluding carboxylic acids is 1. The van der Waals surface area contributed by atoms with E-state index in [1.54, 1.807) is 30.2 Å². The highest BCUT2D eigenvalue weighted by molar-refractivity contribution is 5.93. The molecule has 0 aliphatic rings. The zero-order valence-electron chi connectivity index (χ0n) is 13.5. The zero-order chi connectivity index (χ0) is 16.8. The smallest absolute Gasteiger partial charge is 0.197 e. The van der Waals surface area contributed by atoms with Gasteiger partial charge in [0.25, 0.3) is 0 Å². The van der Waals surface area contributed by atoms with Crippen LogP contribution in [0.1, 0.15) is 6.92 Å². The summed E-state index contributed by atoms with van der Waals surface area (Å²) in [6.07, 6.45) is 2.42. The Labute approximate surface area is 136 Å². The van der Waals surface area contributed by atoms with Gasteiger partial charge in [0.05, 0.1) is 0 Å². The van der Waals surface area contributed by atoms with E-state index in [0.717, 1.165) is 5.56 Å². The van der Waals surface area contributed by atoms with Gasteiger partial charge in [-0.2, -0.15) is 0 Å². The van der Waals surface area contributed by atoms with Gasteiger partial charge in [0.15, 0.2) is 11.9 Å². The lowest BCUT2D eigenvalue weighted by Crippen LogP contribution is -2.22. The molecule has 4 heteroatoms. The number of halogens is 1. The van der Waals surface area contributed by atoms with Gasteiger partial charge in [0, 0.05) is 38.0 Å². The van der Waals surface area contributed by atoms with Crippen LogP contribution in [-0.2, 0) is 4.79 Å². The Morgan fingerprint density at radius 2 is 1.87 bits per heavy atom. The van der Waals surface area contributed by atoms with E-state index >= 15 is 0 Å². The highest BCUT2D eigenvalue weighted by Crippen LogP contribution is 2.26. The zero-order valence-corrected chi connectivity index (χ0v) is 13.5. The van der Waals surface area contributed by atoms with Gasteiger partial charge in [-0.05, 0) is 24.6 Å². The van der Waals surface area contributed by atoms with E-state index < -0.39 is 6.10 Å². The third kappa shape index (κ3) is 4.68. The highest BCUT2D eigenvalue weighted by atomic mass is 19.1. The van der Waals surface area contributed by atoms with E-state index in [-0.39, 0.29) is 11.6 Å². The number of benzene rings is 2. The molecule has 120 valence electrons. The number of hydrogen-bond donors (Lipinski definition) is 0. The Morgan fingerprint density at radius 1 is 1.17 bits per heavy atom. The molecule has 0 bridgehead atoms. The summed E-state index contributed by atoms with van der Waals surface area (Å²) in [6.45, 7) is 1.64. The van der Waals surface area contributed by atoms with Crippen LogP contribution in [0.25, 0.3) is 11.1 Å². The summed E-state index contributed by atoms with van der Waals surface area (Å²) in [5.74, 6) is -0.218. The van der Waals surface area contributed by atoms with Crippen molar-refractivity contribution < 1.29 is 13.9 Å². The fourth-order valence-electron chi connectivity index (χ4n) is 2.04. The Morgan fingerprint density at radius 3 is 2.48 bits per heavy atom. The van der Waals surface area contributed by atoms with Crippen LogP contribution in [0.4, 0.5) is 4.39 Å². The molecule has 0 aromatic heterocycles. The van der Waals surface area contributed by atoms with Crippen LogP contribution >= 0.6 is 0 Å². The van der Waals surface area contributed by atoms with Crippen molar-refractivity contribution in [1.82, 2.24) is 4.90 Å². The van der Waals surface area contributed by atoms with Gasteiger partial charge in [0.1, 0.15) is 11.6 Å². The third-order valence-corrected chi connectivity index (χ3v) is 3.28. The summed E-state index contributed by atoms with van der Waals surface area (Å²) in [5, 5.41) is 0. The lowest BCUT2D eigenvalue weighted by Gasteiger charge is -2.13. The van der Waals surface area contributed by atoms with Crippen LogP contribution in [0.2, 0.25) is 0 Å². The summed E-state index contributed by atoms with van der Waals surface area (Å²) in [5.41, 5.74) is 1.30. The molecule has 2 aromatic carbocycles. The Kier molecular flexibility index (Phi) is 5.52. The molecule has 0 radical (unpaired) electrons. The van der Waals surface area contributed by atoms with Crippen molar-refractivity contribution in [1.29, 1.82) is 0 Å². The molecule has 0 amide bonds. The third-order valence-electron chi connectivity index (χ3n) is 3.28. The molecule has 3 nitrogen and oxygen atoms in total. The van der Waals surface area contributed by atoms with Crippen molar-refractivity contribution in [2.45, 2.75) is 13.0 Å². The number of rotatable bonds is 6. The largest absolute Gasteiger partial charge is 0.482 e. The average molecular weight is 313 g/mol. The van der Waals surface area contributed by atoms with Crippen LogP contribution in [0, 0.1) is 5.82 Å². The SMILES string of the molecule is CC(Oc1ccc(-c2ccccc2)c(F)c1)C(=O)/C=C/N(C)C. The number of ketones is 1. The minimum atomic E-state index is -0.673. The second-order valence-electron chi connectivity index (χ2n) is 5.45. The first-order valence-corrected chi connectivity index (χ1v) is 7.37. The molecule has 0 aliphatic heterocycles. The summed E-state index contributed by atoms with van der Waals surface area (Å²) in [7, 11) is 3.65. The lowest BCUT2D eigenvalue weighted by atomic mass is 10.1. The van der Waals surface area contributed by atoms with Crippen molar-refractivity contribution in [3.63, 3.8) is 0 Å². The molecule has 0 fully saturated rings. The first-order valence-electron chi connectivity index (χ1n) is 7.37. The van der Waals surface area contributed by atoms with Crippen molar-refractivity contribution in [3.8, 4) is 16.9 Å². The maximum Gasteiger partial charge on any atom is 0.197 e. The fourth-order valence-corrected chi connectivity index (χ4v) is 2.04. The van der Waals surface area contributed by atoms with Gasteiger partial charge in [-0.15, -0.1) is 0 Å². The van der Waals surface area contributed by atoms with Crippen LogP contribution in [0.15, 0.2) is 60.8 Å². The molecular weight excluding hydrogens is 293 g/mol. The van der Waals surface area contributed by atoms with Crippen molar-refractivity contribution in [2.75, 3.05) is 14.1 Å². The maximum atomic E-state index is 14.3. The second-order valence-corrected chi connectivity index (χ2v) is 5.45. The van der Waals surface area contributed by atoms with Gasteiger partial charge in [0.2, 0.25) is 0 Å². The molecular formula is C19H20FNO2. The standard InChI is InChI=1S/C19H20FNO2/c1-14(19(22)11-12-21(2)3)23-16-9-10-17(18(20)13-16)15-7-5-4-6-8-15/h4-14H,1-3H3/b12-11+. The van der Waals surface area contributed by atoms with E-state index in [0.29, 0.717) is 11.3 Å². The average Bonchev–Trinajstić information content (AvgIpc) is 2.53. The number of carbonyl (C=O) groups is 1. The highest BCUT2D eigenvalue weighted by Gasteiger charge is 2.13. The van der Waals surface area contributed by atoms with Gasteiger partial charge in [-0.1, -0.05) is 30.3 Å². The van der Waals surface area contributed by atoms with Crippen molar-refractivity contribution >= 4 is 5.78 Å². The van der Waals surface area contributed by atoms with Crippen molar-refractivity contribution in [3.05, 3.63) is 66.6 Å². The fraction of sp³-hybridized carbons (Fsp3) is 0.211. The molecule has 0 heterocycles. The molecule has 0 saturated carbocycles. The molecule has 2 aromatic rings. The number of ether oxygens (including phenoxy) is 1. The predicted molar refractivity (Wildman–Crippen MR) is 89.8 cm³/mol. The number of nitrogens with zero attached hydrogens (tertiary/aromatic N) is 1. The minimum Gasteiger partial charge on any atom is -0.482 e. The van der Waals surface area contributed by atoms with E-state index in [1.165, 1.54) is 12.1 Å². The Bertz CT molecular complexity index is 696.